The number of carbonyl (C=O) groups excluding carboxylic acids is 2. The average molecular weight is 400 g/mol. The topological polar surface area (TPSA) is 86.7 Å². The van der Waals surface area contributed by atoms with E-state index >= 15 is 0 Å². The lowest BCUT2D eigenvalue weighted by atomic mass is 9.93. The van der Waals surface area contributed by atoms with Gasteiger partial charge in [0, 0.05) is 31.5 Å². The van der Waals surface area contributed by atoms with E-state index < -0.39 is 23.7 Å². The number of halogens is 1. The van der Waals surface area contributed by atoms with Gasteiger partial charge < -0.3 is 15.3 Å². The molecule has 1 aliphatic heterocycles. The smallest absolute Gasteiger partial charge is 0.304 e. The summed E-state index contributed by atoms with van der Waals surface area (Å²) < 4.78 is 13.5. The van der Waals surface area contributed by atoms with Gasteiger partial charge in [-0.15, -0.1) is 0 Å². The van der Waals surface area contributed by atoms with E-state index in [0.717, 1.165) is 0 Å². The van der Waals surface area contributed by atoms with Gasteiger partial charge in [-0.1, -0.05) is 33.7 Å². The second kappa shape index (κ2) is 9.82. The van der Waals surface area contributed by atoms with Crippen molar-refractivity contribution in [2.75, 3.05) is 25.1 Å². The molecule has 1 fully saturated rings. The van der Waals surface area contributed by atoms with Gasteiger partial charge >= 0.3 is 5.97 Å². The van der Waals surface area contributed by atoms with E-state index in [0.29, 0.717) is 23.6 Å². The minimum atomic E-state index is -0.829. The molecule has 26 heavy (non-hydrogen) atoms. The zero-order valence-corrected chi connectivity index (χ0v) is 15.9. The van der Waals surface area contributed by atoms with Gasteiger partial charge in [-0.05, 0) is 17.7 Å². The summed E-state index contributed by atoms with van der Waals surface area (Å²) in [6, 6.07) is 5.50. The Morgan fingerprint density at radius 3 is 2.77 bits per heavy atom. The van der Waals surface area contributed by atoms with Gasteiger partial charge in [0.05, 0.1) is 18.4 Å². The highest BCUT2D eigenvalue weighted by Gasteiger charge is 2.42. The average Bonchev–Trinajstić information content (AvgIpc) is 2.89. The predicted octanol–water partition coefficient (Wildman–Crippen LogP) is 2.32. The lowest BCUT2D eigenvalue weighted by Gasteiger charge is -2.25. The second-order valence-corrected chi connectivity index (χ2v) is 8.60. The molecule has 0 radical (unpaired) electrons. The fraction of sp³-hybridized carbons (Fsp3) is 0.471. The van der Waals surface area contributed by atoms with E-state index in [1.54, 1.807) is 19.2 Å². The molecule has 2 N–H and O–H groups in total. The van der Waals surface area contributed by atoms with Crippen LogP contribution in [0.15, 0.2) is 24.3 Å². The van der Waals surface area contributed by atoms with Crippen LogP contribution in [0.1, 0.15) is 24.4 Å². The van der Waals surface area contributed by atoms with E-state index in [1.165, 1.54) is 38.6 Å². The maximum absolute atomic E-state index is 13.5. The van der Waals surface area contributed by atoms with Crippen LogP contribution in [-0.2, 0) is 14.4 Å². The van der Waals surface area contributed by atoms with Gasteiger partial charge in [0.25, 0.3) is 0 Å². The number of aliphatic carboxylic acids is 1. The molecule has 1 saturated heterocycles. The molecule has 0 unspecified atom stereocenters. The molecule has 9 heteroatoms. The zero-order valence-electron chi connectivity index (χ0n) is 14.3. The summed E-state index contributed by atoms with van der Waals surface area (Å²) in [6.07, 6.45) is 0.208. The number of carboxylic acid groups (broad SMARTS) is 1. The Kier molecular flexibility index (Phi) is 7.77. The van der Waals surface area contributed by atoms with Crippen molar-refractivity contribution in [3.8, 4) is 0 Å². The van der Waals surface area contributed by atoms with Crippen molar-refractivity contribution >= 4 is 39.4 Å². The van der Waals surface area contributed by atoms with Crippen LogP contribution < -0.4 is 5.32 Å². The lowest BCUT2D eigenvalue weighted by Crippen LogP contribution is -2.35. The maximum atomic E-state index is 13.5. The molecule has 0 aromatic heterocycles. The quantitative estimate of drug-likeness (QED) is 0.489. The second-order valence-electron chi connectivity index (χ2n) is 5.89. The fourth-order valence-corrected chi connectivity index (χ4v) is 4.73. The van der Waals surface area contributed by atoms with Crippen LogP contribution in [0.25, 0.3) is 0 Å². The number of carbonyl (C=O) groups is 3. The van der Waals surface area contributed by atoms with Crippen molar-refractivity contribution < 1.29 is 23.9 Å². The zero-order chi connectivity index (χ0) is 19.1. The third-order valence-electron chi connectivity index (χ3n) is 4.08. The fourth-order valence-electron chi connectivity index (χ4n) is 2.85. The van der Waals surface area contributed by atoms with Crippen molar-refractivity contribution in [1.29, 1.82) is 0 Å². The Morgan fingerprint density at radius 2 is 2.08 bits per heavy atom. The summed E-state index contributed by atoms with van der Waals surface area (Å²) in [6.45, 7) is 0.424. The van der Waals surface area contributed by atoms with E-state index in [2.05, 4.69) is 5.32 Å². The van der Waals surface area contributed by atoms with Crippen LogP contribution in [0, 0.1) is 11.7 Å². The number of rotatable bonds is 9. The first-order valence-corrected chi connectivity index (χ1v) is 10.6. The highest BCUT2D eigenvalue weighted by Crippen LogP contribution is 2.37. The summed E-state index contributed by atoms with van der Waals surface area (Å²) in [7, 11) is 4.56. The first kappa shape index (κ1) is 20.6. The summed E-state index contributed by atoms with van der Waals surface area (Å²) in [5, 5.41) is 11.4. The number of likely N-dealkylation sites (tertiary alicyclic amines) is 1. The van der Waals surface area contributed by atoms with Crippen LogP contribution in [0.4, 0.5) is 4.39 Å². The third-order valence-corrected chi connectivity index (χ3v) is 6.49. The minimum Gasteiger partial charge on any atom is -0.481 e. The molecule has 0 aliphatic carbocycles. The SMILES string of the molecule is CN1C(=O)C[C@H](C(=O)NCCSSCCC(=O)O)[C@H]1c1cccc(F)c1. The molecule has 1 aliphatic rings. The molecule has 1 heterocycles. The molecule has 2 atom stereocenters. The Morgan fingerprint density at radius 1 is 1.35 bits per heavy atom. The minimum absolute atomic E-state index is 0.101. The van der Waals surface area contributed by atoms with E-state index in [9.17, 15) is 18.8 Å². The number of nitrogens with one attached hydrogen (secondary N) is 1. The van der Waals surface area contributed by atoms with Gasteiger partial charge in [-0.2, -0.15) is 0 Å². The third kappa shape index (κ3) is 5.63. The van der Waals surface area contributed by atoms with Gasteiger partial charge in [-0.3, -0.25) is 14.4 Å². The standard InChI is InChI=1S/C17H21FN2O4S2/c1-20-14(21)10-13(16(20)11-3-2-4-12(18)9-11)17(24)19-6-8-26-25-7-5-15(22)23/h2-4,9,13,16H,5-8,10H2,1H3,(H,19,24)(H,22,23)/t13-,16+/m0/s1. The number of nitrogens with zero attached hydrogens (tertiary/aromatic N) is 1. The Balaban J connectivity index is 1.86. The highest BCUT2D eigenvalue weighted by atomic mass is 33.1. The number of carboxylic acids is 1. The molecule has 2 amide bonds. The summed E-state index contributed by atoms with van der Waals surface area (Å²) in [4.78, 5) is 36.5. The Labute approximate surface area is 159 Å². The number of hydrogen-bond donors (Lipinski definition) is 2. The van der Waals surface area contributed by atoms with Gasteiger partial charge in [0.1, 0.15) is 5.82 Å². The molecule has 0 spiro atoms. The lowest BCUT2D eigenvalue weighted by molar-refractivity contribution is -0.136. The molecule has 0 saturated carbocycles. The van der Waals surface area contributed by atoms with Gasteiger partial charge in [0.2, 0.25) is 11.8 Å². The highest BCUT2D eigenvalue weighted by molar-refractivity contribution is 8.76. The van der Waals surface area contributed by atoms with Crippen molar-refractivity contribution in [2.24, 2.45) is 5.92 Å². The molecule has 0 bridgehead atoms. The molecule has 6 nitrogen and oxygen atoms in total. The summed E-state index contributed by atoms with van der Waals surface area (Å²) >= 11 is 0. The van der Waals surface area contributed by atoms with Crippen molar-refractivity contribution in [3.63, 3.8) is 0 Å². The van der Waals surface area contributed by atoms with Crippen LogP contribution in [0.3, 0.4) is 0 Å². The number of hydrogen-bond acceptors (Lipinski definition) is 5. The Hall–Kier alpha value is -1.74. The predicted molar refractivity (Wildman–Crippen MR) is 100 cm³/mol. The van der Waals surface area contributed by atoms with Gasteiger partial charge in [0.15, 0.2) is 0 Å². The van der Waals surface area contributed by atoms with Crippen LogP contribution in [-0.4, -0.2) is 52.9 Å². The van der Waals surface area contributed by atoms with Crippen molar-refractivity contribution in [2.45, 2.75) is 18.9 Å². The van der Waals surface area contributed by atoms with E-state index in [1.807, 2.05) is 0 Å². The normalized spacial score (nSPS) is 19.6. The monoisotopic (exact) mass is 400 g/mol. The van der Waals surface area contributed by atoms with Crippen LogP contribution >= 0.6 is 21.6 Å². The van der Waals surface area contributed by atoms with Gasteiger partial charge in [-0.25, -0.2) is 4.39 Å². The first-order chi connectivity index (χ1) is 12.4. The summed E-state index contributed by atoms with van der Waals surface area (Å²) in [5.74, 6) is -1.01. The van der Waals surface area contributed by atoms with Crippen LogP contribution in [0.2, 0.25) is 0 Å². The molecule has 1 aromatic rings. The molecular formula is C17H21FN2O4S2. The largest absolute Gasteiger partial charge is 0.481 e. The molecule has 2 rings (SSSR count). The number of amides is 2. The van der Waals surface area contributed by atoms with E-state index in [4.69, 9.17) is 5.11 Å². The maximum Gasteiger partial charge on any atom is 0.304 e. The van der Waals surface area contributed by atoms with Crippen molar-refractivity contribution in [3.05, 3.63) is 35.6 Å². The Bertz CT molecular complexity index is 674. The molecule has 142 valence electrons. The first-order valence-electron chi connectivity index (χ1n) is 8.15. The number of benzene rings is 1. The van der Waals surface area contributed by atoms with Crippen molar-refractivity contribution in [1.82, 2.24) is 10.2 Å². The van der Waals surface area contributed by atoms with E-state index in [-0.39, 0.29) is 24.7 Å². The van der Waals surface area contributed by atoms with Crippen LogP contribution in [0.5, 0.6) is 0 Å². The molecular weight excluding hydrogens is 379 g/mol. The summed E-state index contributed by atoms with van der Waals surface area (Å²) in [5.41, 5.74) is 0.608. The molecule has 1 aromatic carbocycles.